The number of nitrogens with zero attached hydrogens (tertiary/aromatic N) is 3. The van der Waals surface area contributed by atoms with Crippen molar-refractivity contribution in [1.29, 1.82) is 0 Å². The molecule has 0 spiro atoms. The molecule has 0 unspecified atom stereocenters. The molecule has 0 aliphatic rings. The van der Waals surface area contributed by atoms with Crippen LogP contribution in [0.15, 0.2) is 66.9 Å². The van der Waals surface area contributed by atoms with Crippen LogP contribution in [0.5, 0.6) is 5.75 Å². The van der Waals surface area contributed by atoms with Gasteiger partial charge in [-0.05, 0) is 37.6 Å². The van der Waals surface area contributed by atoms with Gasteiger partial charge < -0.3 is 15.0 Å². The first kappa shape index (κ1) is 19.4. The predicted octanol–water partition coefficient (Wildman–Crippen LogP) is 4.28. The molecule has 1 amide bonds. The molecule has 1 aromatic heterocycles. The van der Waals surface area contributed by atoms with E-state index >= 15 is 0 Å². The number of carbonyl (C=O) groups is 1. The van der Waals surface area contributed by atoms with Gasteiger partial charge in [-0.1, -0.05) is 36.4 Å². The second-order valence-corrected chi connectivity index (χ2v) is 6.63. The molecule has 0 bridgehead atoms. The molecule has 144 valence electrons. The van der Waals surface area contributed by atoms with Crippen molar-refractivity contribution in [3.8, 4) is 5.75 Å². The third-order valence-electron chi connectivity index (χ3n) is 4.28. The van der Waals surface area contributed by atoms with Crippen molar-refractivity contribution in [2.45, 2.75) is 26.4 Å². The second kappa shape index (κ2) is 8.99. The smallest absolute Gasteiger partial charge is 0.273 e. The van der Waals surface area contributed by atoms with Crippen LogP contribution >= 0.6 is 0 Å². The standard InChI is InChI=1S/C22H24N4O2/c1-16(2)26(15-17-8-5-4-6-9-17)21(27)20-12-13-23-22(25-20)24-18-10-7-11-19(14-18)28-3/h4-14,16H,15H2,1-3H3,(H,23,24,25). The molecule has 1 N–H and O–H groups in total. The second-order valence-electron chi connectivity index (χ2n) is 6.63. The molecule has 0 fully saturated rings. The topological polar surface area (TPSA) is 67.3 Å². The van der Waals surface area contributed by atoms with E-state index < -0.39 is 0 Å². The first-order chi connectivity index (χ1) is 13.6. The highest BCUT2D eigenvalue weighted by Gasteiger charge is 2.21. The van der Waals surface area contributed by atoms with Crippen LogP contribution in [-0.4, -0.2) is 33.9 Å². The minimum absolute atomic E-state index is 0.0393. The Morgan fingerprint density at radius 1 is 1.11 bits per heavy atom. The summed E-state index contributed by atoms with van der Waals surface area (Å²) in [7, 11) is 1.61. The minimum atomic E-state index is -0.130. The maximum atomic E-state index is 13.1. The summed E-state index contributed by atoms with van der Waals surface area (Å²) in [4.78, 5) is 23.5. The van der Waals surface area contributed by atoms with Crippen LogP contribution in [0.3, 0.4) is 0 Å². The first-order valence-corrected chi connectivity index (χ1v) is 9.16. The number of carbonyl (C=O) groups excluding carboxylic acids is 1. The molecule has 6 heteroatoms. The SMILES string of the molecule is COc1cccc(Nc2nccc(C(=O)N(Cc3ccccc3)C(C)C)n2)c1. The van der Waals surface area contributed by atoms with Gasteiger partial charge in [0.05, 0.1) is 7.11 Å². The number of anilines is 2. The predicted molar refractivity (Wildman–Crippen MR) is 110 cm³/mol. The van der Waals surface area contributed by atoms with Gasteiger partial charge in [0.25, 0.3) is 5.91 Å². The van der Waals surface area contributed by atoms with E-state index in [1.807, 2.05) is 68.4 Å². The number of rotatable bonds is 7. The third-order valence-corrected chi connectivity index (χ3v) is 4.28. The normalized spacial score (nSPS) is 10.6. The van der Waals surface area contributed by atoms with E-state index in [-0.39, 0.29) is 11.9 Å². The molecule has 3 rings (SSSR count). The van der Waals surface area contributed by atoms with Gasteiger partial charge in [0.1, 0.15) is 11.4 Å². The van der Waals surface area contributed by atoms with Crippen molar-refractivity contribution in [1.82, 2.24) is 14.9 Å². The Kier molecular flexibility index (Phi) is 6.22. The van der Waals surface area contributed by atoms with Crippen LogP contribution < -0.4 is 10.1 Å². The van der Waals surface area contributed by atoms with Gasteiger partial charge in [0, 0.05) is 30.5 Å². The Morgan fingerprint density at radius 3 is 2.61 bits per heavy atom. The number of aromatic nitrogens is 2. The highest BCUT2D eigenvalue weighted by molar-refractivity contribution is 5.92. The van der Waals surface area contributed by atoms with Crippen LogP contribution in [0.1, 0.15) is 29.9 Å². The summed E-state index contributed by atoms with van der Waals surface area (Å²) in [6.07, 6.45) is 1.59. The number of amides is 1. The van der Waals surface area contributed by atoms with Crippen molar-refractivity contribution in [2.24, 2.45) is 0 Å². The van der Waals surface area contributed by atoms with E-state index in [0.29, 0.717) is 18.2 Å². The van der Waals surface area contributed by atoms with Crippen molar-refractivity contribution < 1.29 is 9.53 Å². The average molecular weight is 376 g/mol. The minimum Gasteiger partial charge on any atom is -0.497 e. The first-order valence-electron chi connectivity index (χ1n) is 9.16. The van der Waals surface area contributed by atoms with Crippen LogP contribution in [0.25, 0.3) is 0 Å². The van der Waals surface area contributed by atoms with Gasteiger partial charge in [-0.15, -0.1) is 0 Å². The molecule has 0 radical (unpaired) electrons. The van der Waals surface area contributed by atoms with Crippen molar-refractivity contribution >= 4 is 17.5 Å². The van der Waals surface area contributed by atoms with Crippen LogP contribution in [0.4, 0.5) is 11.6 Å². The molecule has 2 aromatic carbocycles. The number of methoxy groups -OCH3 is 1. The lowest BCUT2D eigenvalue weighted by Crippen LogP contribution is -2.37. The highest BCUT2D eigenvalue weighted by Crippen LogP contribution is 2.20. The fraction of sp³-hybridized carbons (Fsp3) is 0.227. The molecule has 0 saturated carbocycles. The van der Waals surface area contributed by atoms with Gasteiger partial charge in [-0.25, -0.2) is 9.97 Å². The summed E-state index contributed by atoms with van der Waals surface area (Å²) in [5.41, 5.74) is 2.22. The number of nitrogens with one attached hydrogen (secondary N) is 1. The molecule has 0 saturated heterocycles. The van der Waals surface area contributed by atoms with Crippen molar-refractivity contribution in [2.75, 3.05) is 12.4 Å². The van der Waals surface area contributed by atoms with Crippen molar-refractivity contribution in [3.63, 3.8) is 0 Å². The maximum absolute atomic E-state index is 13.1. The Labute approximate surface area is 165 Å². The van der Waals surface area contributed by atoms with Gasteiger partial charge >= 0.3 is 0 Å². The molecule has 0 atom stereocenters. The number of ether oxygens (including phenoxy) is 1. The quantitative estimate of drug-likeness (QED) is 0.667. The number of hydrogen-bond acceptors (Lipinski definition) is 5. The van der Waals surface area contributed by atoms with Crippen molar-refractivity contribution in [3.05, 3.63) is 78.1 Å². The highest BCUT2D eigenvalue weighted by atomic mass is 16.5. The third kappa shape index (κ3) is 4.85. The lowest BCUT2D eigenvalue weighted by Gasteiger charge is -2.26. The summed E-state index contributed by atoms with van der Waals surface area (Å²) in [6.45, 7) is 4.52. The van der Waals surface area contributed by atoms with Crippen LogP contribution in [0.2, 0.25) is 0 Å². The van der Waals surface area contributed by atoms with Gasteiger partial charge in [0.2, 0.25) is 5.95 Å². The van der Waals surface area contributed by atoms with E-state index in [0.717, 1.165) is 17.0 Å². The summed E-state index contributed by atoms with van der Waals surface area (Å²) < 4.78 is 5.23. The lowest BCUT2D eigenvalue weighted by atomic mass is 10.1. The van der Waals surface area contributed by atoms with Gasteiger partial charge in [-0.2, -0.15) is 0 Å². The lowest BCUT2D eigenvalue weighted by molar-refractivity contribution is 0.0684. The van der Waals surface area contributed by atoms with E-state index in [4.69, 9.17) is 4.74 Å². The number of benzene rings is 2. The summed E-state index contributed by atoms with van der Waals surface area (Å²) in [5.74, 6) is 0.962. The zero-order chi connectivity index (χ0) is 19.9. The van der Waals surface area contributed by atoms with E-state index in [1.165, 1.54) is 0 Å². The molecular weight excluding hydrogens is 352 g/mol. The average Bonchev–Trinajstić information content (AvgIpc) is 2.72. The molecule has 28 heavy (non-hydrogen) atoms. The van der Waals surface area contributed by atoms with E-state index in [2.05, 4.69) is 15.3 Å². The van der Waals surface area contributed by atoms with Gasteiger partial charge in [-0.3, -0.25) is 4.79 Å². The molecular formula is C22H24N4O2. The molecule has 6 nitrogen and oxygen atoms in total. The fourth-order valence-electron chi connectivity index (χ4n) is 2.78. The van der Waals surface area contributed by atoms with Crippen LogP contribution in [-0.2, 0) is 6.54 Å². The van der Waals surface area contributed by atoms with E-state index in [9.17, 15) is 4.79 Å². The Hall–Kier alpha value is -3.41. The van der Waals surface area contributed by atoms with Gasteiger partial charge in [0.15, 0.2) is 0 Å². The Morgan fingerprint density at radius 2 is 1.89 bits per heavy atom. The zero-order valence-electron chi connectivity index (χ0n) is 16.3. The zero-order valence-corrected chi connectivity index (χ0v) is 16.3. The Bertz CT molecular complexity index is 929. The van der Waals surface area contributed by atoms with Crippen LogP contribution in [0, 0.1) is 0 Å². The molecule has 1 heterocycles. The Balaban J connectivity index is 1.79. The fourth-order valence-corrected chi connectivity index (χ4v) is 2.78. The summed E-state index contributed by atoms with van der Waals surface area (Å²) in [5, 5.41) is 3.12. The molecule has 3 aromatic rings. The maximum Gasteiger partial charge on any atom is 0.273 e. The number of hydrogen-bond donors (Lipinski definition) is 1. The van der Waals surface area contributed by atoms with E-state index in [1.54, 1.807) is 24.3 Å². The molecule has 0 aliphatic heterocycles. The monoisotopic (exact) mass is 376 g/mol. The largest absolute Gasteiger partial charge is 0.497 e. The molecule has 0 aliphatic carbocycles. The summed E-state index contributed by atoms with van der Waals surface area (Å²) in [6, 6.07) is 19.1. The summed E-state index contributed by atoms with van der Waals surface area (Å²) >= 11 is 0.